The Balaban J connectivity index is 2.11. The zero-order valence-electron chi connectivity index (χ0n) is 13.7. The highest BCUT2D eigenvalue weighted by Crippen LogP contribution is 2.43. The van der Waals surface area contributed by atoms with Crippen molar-refractivity contribution in [2.45, 2.75) is 25.2 Å². The molecule has 2 aromatic carbocycles. The van der Waals surface area contributed by atoms with Crippen molar-refractivity contribution < 1.29 is 18.3 Å². The van der Waals surface area contributed by atoms with Crippen molar-refractivity contribution in [3.05, 3.63) is 70.2 Å². The first-order chi connectivity index (χ1) is 11.8. The van der Waals surface area contributed by atoms with Gasteiger partial charge in [-0.15, -0.1) is 0 Å². The van der Waals surface area contributed by atoms with Crippen LogP contribution in [0, 0.1) is 0 Å². The minimum Gasteiger partial charge on any atom is -0.772 e. The van der Waals surface area contributed by atoms with Crippen LogP contribution in [0.5, 0.6) is 0 Å². The molecular weight excluding hydrogens is 360 g/mol. The molecule has 4 nitrogen and oxygen atoms in total. The number of esters is 1. The van der Waals surface area contributed by atoms with E-state index < -0.39 is 16.7 Å². The van der Waals surface area contributed by atoms with Gasteiger partial charge in [-0.1, -0.05) is 59.1 Å². The van der Waals surface area contributed by atoms with Crippen molar-refractivity contribution in [1.82, 2.24) is 0 Å². The van der Waals surface area contributed by atoms with E-state index in [0.29, 0.717) is 16.2 Å². The summed E-state index contributed by atoms with van der Waals surface area (Å²) < 4.78 is 27.2. The quantitative estimate of drug-likeness (QED) is 0.599. The zero-order valence-corrected chi connectivity index (χ0v) is 15.3. The molecule has 6 heteroatoms. The first-order valence-corrected chi connectivity index (χ1v) is 9.29. The fourth-order valence-electron chi connectivity index (χ4n) is 3.01. The molecule has 3 rings (SSSR count). The number of carbonyl (C=O) groups excluding carboxylic acids is 1. The first-order valence-electron chi connectivity index (χ1n) is 7.67. The van der Waals surface area contributed by atoms with Gasteiger partial charge < -0.3 is 9.29 Å². The van der Waals surface area contributed by atoms with Crippen LogP contribution in [-0.2, 0) is 26.4 Å². The molecule has 0 aliphatic carbocycles. The van der Waals surface area contributed by atoms with Crippen LogP contribution < -0.4 is 0 Å². The molecule has 0 saturated carbocycles. The third kappa shape index (κ3) is 3.68. The molecule has 0 aromatic heterocycles. The normalized spacial score (nSPS) is 17.5. The molecular formula is C19H16ClO4S-. The van der Waals surface area contributed by atoms with E-state index in [9.17, 15) is 13.6 Å². The number of ether oxygens (including phenoxy) is 1. The van der Waals surface area contributed by atoms with Gasteiger partial charge >= 0.3 is 5.97 Å². The molecule has 0 saturated heterocycles. The predicted molar refractivity (Wildman–Crippen MR) is 97.5 cm³/mol. The van der Waals surface area contributed by atoms with Crippen LogP contribution in [0.1, 0.15) is 30.5 Å². The molecule has 0 spiro atoms. The van der Waals surface area contributed by atoms with E-state index in [1.165, 1.54) is 0 Å². The lowest BCUT2D eigenvalue weighted by atomic mass is 9.86. The van der Waals surface area contributed by atoms with E-state index >= 15 is 0 Å². The zero-order chi connectivity index (χ0) is 18.2. The van der Waals surface area contributed by atoms with Crippen molar-refractivity contribution in [1.29, 1.82) is 0 Å². The van der Waals surface area contributed by atoms with Crippen LogP contribution in [-0.4, -0.2) is 20.3 Å². The Hall–Kier alpha value is -1.95. The highest BCUT2D eigenvalue weighted by atomic mass is 35.5. The Kier molecular flexibility index (Phi) is 4.82. The van der Waals surface area contributed by atoms with Crippen molar-refractivity contribution in [3.8, 4) is 0 Å². The van der Waals surface area contributed by atoms with Gasteiger partial charge in [0.05, 0.1) is 5.57 Å². The summed E-state index contributed by atoms with van der Waals surface area (Å²) in [6.07, 6.45) is 0. The Labute approximate surface area is 153 Å². The molecule has 1 aliphatic heterocycles. The topological polar surface area (TPSA) is 66.4 Å². The molecule has 1 heterocycles. The molecule has 0 N–H and O–H groups in total. The van der Waals surface area contributed by atoms with E-state index in [1.54, 1.807) is 36.4 Å². The van der Waals surface area contributed by atoms with Crippen molar-refractivity contribution in [3.63, 3.8) is 0 Å². The average Bonchev–Trinajstić information content (AvgIpc) is 2.77. The van der Waals surface area contributed by atoms with E-state index in [-0.39, 0.29) is 11.7 Å². The van der Waals surface area contributed by atoms with E-state index in [4.69, 9.17) is 16.3 Å². The molecule has 2 aromatic rings. The lowest BCUT2D eigenvalue weighted by Crippen LogP contribution is -2.22. The highest BCUT2D eigenvalue weighted by Gasteiger charge is 2.41. The van der Waals surface area contributed by atoms with E-state index in [2.05, 4.69) is 0 Å². The molecule has 130 valence electrons. The van der Waals surface area contributed by atoms with Crippen molar-refractivity contribution in [2.24, 2.45) is 0 Å². The van der Waals surface area contributed by atoms with Gasteiger partial charge in [-0.05, 0) is 42.7 Å². The molecule has 0 fully saturated rings. The van der Waals surface area contributed by atoms with Crippen molar-refractivity contribution in [2.75, 3.05) is 0 Å². The predicted octanol–water partition coefficient (Wildman–Crippen LogP) is 3.97. The van der Waals surface area contributed by atoms with Crippen LogP contribution in [0.3, 0.4) is 0 Å². The summed E-state index contributed by atoms with van der Waals surface area (Å²) in [7, 11) is 0. The number of benzene rings is 2. The van der Waals surface area contributed by atoms with Gasteiger partial charge in [0, 0.05) is 16.3 Å². The second-order valence-electron chi connectivity index (χ2n) is 6.30. The Morgan fingerprint density at radius 2 is 1.60 bits per heavy atom. The standard InChI is InChI=1S/C19H17ClO4S/c1-19(2)17(14-5-3-12(4-6-14)11-25(22)23)16(18(21)24-19)13-7-9-15(20)10-8-13/h3-10H,11H2,1-2H3,(H,22,23)/p-1. The van der Waals surface area contributed by atoms with E-state index in [0.717, 1.165) is 16.7 Å². The molecule has 25 heavy (non-hydrogen) atoms. The molecule has 1 unspecified atom stereocenters. The van der Waals surface area contributed by atoms with Crippen LogP contribution >= 0.6 is 11.6 Å². The van der Waals surface area contributed by atoms with Crippen LogP contribution in [0.25, 0.3) is 11.1 Å². The maximum absolute atomic E-state index is 12.5. The van der Waals surface area contributed by atoms with Gasteiger partial charge in [-0.3, -0.25) is 4.21 Å². The number of carbonyl (C=O) groups is 1. The first kappa shape index (κ1) is 17.9. The highest BCUT2D eigenvalue weighted by molar-refractivity contribution is 7.78. The number of rotatable bonds is 4. The minimum atomic E-state index is -2.14. The Morgan fingerprint density at radius 1 is 1.04 bits per heavy atom. The number of hydrogen-bond acceptors (Lipinski definition) is 4. The summed E-state index contributed by atoms with van der Waals surface area (Å²) in [6, 6.07) is 14.2. The summed E-state index contributed by atoms with van der Waals surface area (Å²) >= 11 is 3.80. The number of cyclic esters (lactones) is 1. The molecule has 0 radical (unpaired) electrons. The fourth-order valence-corrected chi connectivity index (χ4v) is 3.60. The molecule has 0 bridgehead atoms. The van der Waals surface area contributed by atoms with Crippen LogP contribution in [0.2, 0.25) is 5.02 Å². The maximum atomic E-state index is 12.5. The SMILES string of the molecule is CC1(C)OC(=O)C(c2ccc(Cl)cc2)=C1c1ccc(CS(=O)[O-])cc1. The third-order valence-electron chi connectivity index (χ3n) is 4.06. The molecule has 1 atom stereocenters. The summed E-state index contributed by atoms with van der Waals surface area (Å²) in [4.78, 5) is 12.5. The summed E-state index contributed by atoms with van der Waals surface area (Å²) in [5.41, 5.74) is 2.74. The molecule has 0 amide bonds. The minimum absolute atomic E-state index is 0.0395. The van der Waals surface area contributed by atoms with Crippen molar-refractivity contribution >= 4 is 39.8 Å². The van der Waals surface area contributed by atoms with Gasteiger partial charge in [0.1, 0.15) is 5.60 Å². The van der Waals surface area contributed by atoms with Gasteiger partial charge in [-0.2, -0.15) is 0 Å². The number of halogens is 1. The van der Waals surface area contributed by atoms with Gasteiger partial charge in [-0.25, -0.2) is 4.79 Å². The smallest absolute Gasteiger partial charge is 0.340 e. The monoisotopic (exact) mass is 375 g/mol. The third-order valence-corrected chi connectivity index (χ3v) is 4.89. The lowest BCUT2D eigenvalue weighted by molar-refractivity contribution is -0.141. The average molecular weight is 376 g/mol. The summed E-state index contributed by atoms with van der Waals surface area (Å²) in [5, 5.41) is 0.589. The van der Waals surface area contributed by atoms with Crippen LogP contribution in [0.15, 0.2) is 48.5 Å². The Morgan fingerprint density at radius 3 is 2.16 bits per heavy atom. The molecule has 1 aliphatic rings. The largest absolute Gasteiger partial charge is 0.772 e. The Bertz CT molecular complexity index is 867. The van der Waals surface area contributed by atoms with Crippen LogP contribution in [0.4, 0.5) is 0 Å². The van der Waals surface area contributed by atoms with Gasteiger partial charge in [0.2, 0.25) is 0 Å². The second kappa shape index (κ2) is 6.75. The van der Waals surface area contributed by atoms with Gasteiger partial charge in [0.15, 0.2) is 0 Å². The second-order valence-corrected chi connectivity index (χ2v) is 7.63. The summed E-state index contributed by atoms with van der Waals surface area (Å²) in [5.74, 6) is -0.422. The maximum Gasteiger partial charge on any atom is 0.340 e. The van der Waals surface area contributed by atoms with Gasteiger partial charge in [0.25, 0.3) is 0 Å². The fraction of sp³-hybridized carbons (Fsp3) is 0.211. The lowest BCUT2D eigenvalue weighted by Gasteiger charge is -2.22. The summed E-state index contributed by atoms with van der Waals surface area (Å²) in [6.45, 7) is 3.67. The van der Waals surface area contributed by atoms with E-state index in [1.807, 2.05) is 26.0 Å². The number of hydrogen-bond donors (Lipinski definition) is 0.